The number of hydrogen-bond donors (Lipinski definition) is 2. The number of benzene rings is 1. The van der Waals surface area contributed by atoms with Gasteiger partial charge in [-0.3, -0.25) is 0 Å². The molecule has 0 amide bonds. The molecule has 22 heavy (non-hydrogen) atoms. The van der Waals surface area contributed by atoms with Crippen molar-refractivity contribution >= 4 is 36.9 Å². The predicted octanol–water partition coefficient (Wildman–Crippen LogP) is 1.24. The fourth-order valence-corrected chi connectivity index (χ4v) is 4.77. The number of rotatable bonds is 2. The summed E-state index contributed by atoms with van der Waals surface area (Å²) in [4.78, 5) is 7.71. The summed E-state index contributed by atoms with van der Waals surface area (Å²) in [5.74, 6) is -0.267. The molecule has 1 aliphatic heterocycles. The van der Waals surface area contributed by atoms with Crippen LogP contribution in [0.5, 0.6) is 5.88 Å². The van der Waals surface area contributed by atoms with E-state index < -0.39 is 16.1 Å². The fourth-order valence-electron chi connectivity index (χ4n) is 2.51. The first kappa shape index (κ1) is 15.6. The highest BCUT2D eigenvalue weighted by Gasteiger charge is 2.31. The van der Waals surface area contributed by atoms with E-state index in [1.54, 1.807) is 6.07 Å². The number of nitrogens with zero attached hydrogens (tertiary/aromatic N) is 3. The summed E-state index contributed by atoms with van der Waals surface area (Å²) >= 11 is 3.25. The molecule has 1 aromatic carbocycles. The Morgan fingerprint density at radius 1 is 1.23 bits per heavy atom. The van der Waals surface area contributed by atoms with Crippen LogP contribution >= 0.6 is 15.9 Å². The molecule has 0 saturated carbocycles. The van der Waals surface area contributed by atoms with E-state index in [9.17, 15) is 18.6 Å². The van der Waals surface area contributed by atoms with E-state index in [1.807, 2.05) is 0 Å². The molecule has 1 aromatic heterocycles. The average Bonchev–Trinajstić information content (AvgIpc) is 2.48. The lowest BCUT2D eigenvalue weighted by Crippen LogP contribution is -2.40. The maximum absolute atomic E-state index is 12.9. The first-order chi connectivity index (χ1) is 10.4. The second-order valence-corrected chi connectivity index (χ2v) is 7.95. The number of hydrogen-bond acceptors (Lipinski definition) is 6. The summed E-state index contributed by atoms with van der Waals surface area (Å²) in [5, 5.41) is 19.6. The molecule has 9 heteroatoms. The van der Waals surface area contributed by atoms with Crippen LogP contribution in [0.2, 0.25) is 0 Å². The summed E-state index contributed by atoms with van der Waals surface area (Å²) in [5.41, 5.74) is 0.182. The van der Waals surface area contributed by atoms with E-state index in [1.165, 1.54) is 10.4 Å². The van der Waals surface area contributed by atoms with Crippen LogP contribution in [0.4, 0.5) is 0 Å². The van der Waals surface area contributed by atoms with Crippen molar-refractivity contribution in [3.8, 4) is 5.88 Å². The average molecular weight is 388 g/mol. The van der Waals surface area contributed by atoms with Crippen LogP contribution < -0.4 is 0 Å². The van der Waals surface area contributed by atoms with E-state index in [-0.39, 0.29) is 34.8 Å². The molecule has 0 bridgehead atoms. The van der Waals surface area contributed by atoms with Gasteiger partial charge in [-0.15, -0.1) is 0 Å². The summed E-state index contributed by atoms with van der Waals surface area (Å²) in [6.07, 6.45) is 1.48. The minimum atomic E-state index is -3.76. The molecule has 0 aliphatic carbocycles. The van der Waals surface area contributed by atoms with Crippen molar-refractivity contribution in [3.05, 3.63) is 22.9 Å². The van der Waals surface area contributed by atoms with E-state index in [2.05, 4.69) is 25.9 Å². The number of piperidine rings is 1. The zero-order chi connectivity index (χ0) is 15.9. The number of aliphatic hydroxyl groups is 1. The highest BCUT2D eigenvalue weighted by Crippen LogP contribution is 2.32. The third kappa shape index (κ3) is 2.69. The van der Waals surface area contributed by atoms with Crippen LogP contribution in [0.1, 0.15) is 12.8 Å². The van der Waals surface area contributed by atoms with Crippen LogP contribution in [0.15, 0.2) is 27.8 Å². The molecule has 7 nitrogen and oxygen atoms in total. The number of aromatic hydroxyl groups is 1. The Bertz CT molecular complexity index is 819. The smallest absolute Gasteiger partial charge is 0.245 e. The molecule has 0 unspecified atom stereocenters. The molecule has 2 aromatic rings. The molecule has 0 radical (unpaired) electrons. The number of aromatic nitrogens is 2. The van der Waals surface area contributed by atoms with Gasteiger partial charge in [0.15, 0.2) is 0 Å². The molecule has 1 fully saturated rings. The normalized spacial score (nSPS) is 17.9. The number of halogens is 1. The van der Waals surface area contributed by atoms with Gasteiger partial charge in [-0.1, -0.05) is 15.9 Å². The van der Waals surface area contributed by atoms with Crippen molar-refractivity contribution < 1.29 is 18.6 Å². The molecule has 1 aliphatic rings. The first-order valence-corrected chi connectivity index (χ1v) is 8.94. The Morgan fingerprint density at radius 2 is 1.91 bits per heavy atom. The van der Waals surface area contributed by atoms with Crippen LogP contribution in [0.3, 0.4) is 0 Å². The molecule has 2 N–H and O–H groups in total. The highest BCUT2D eigenvalue weighted by molar-refractivity contribution is 9.10. The number of fused-ring (bicyclic) bond motifs is 1. The summed E-state index contributed by atoms with van der Waals surface area (Å²) in [6, 6.07) is 3.04. The molecule has 3 rings (SSSR count). The van der Waals surface area contributed by atoms with Gasteiger partial charge in [-0.05, 0) is 25.0 Å². The Balaban J connectivity index is 2.15. The van der Waals surface area contributed by atoms with Crippen LogP contribution in [0, 0.1) is 0 Å². The zero-order valence-electron chi connectivity index (χ0n) is 11.5. The fraction of sp³-hybridized carbons (Fsp3) is 0.385. The van der Waals surface area contributed by atoms with Crippen molar-refractivity contribution in [3.63, 3.8) is 0 Å². The molecular weight excluding hydrogens is 374 g/mol. The summed E-state index contributed by atoms with van der Waals surface area (Å²) in [6.45, 7) is 0.517. The number of sulfonamides is 1. The third-order valence-corrected chi connectivity index (χ3v) is 6.06. The van der Waals surface area contributed by atoms with Crippen molar-refractivity contribution in [2.75, 3.05) is 13.1 Å². The van der Waals surface area contributed by atoms with Gasteiger partial charge >= 0.3 is 0 Å². The van der Waals surface area contributed by atoms with Crippen molar-refractivity contribution in [2.45, 2.75) is 23.8 Å². The minimum Gasteiger partial charge on any atom is -0.493 e. The second-order valence-electron chi connectivity index (χ2n) is 5.13. The SMILES string of the molecule is O=S(=O)(c1cc(Br)cc2c(O)ncnc12)N1CCC(O)CC1. The van der Waals surface area contributed by atoms with E-state index in [0.717, 1.165) is 6.33 Å². The van der Waals surface area contributed by atoms with Gasteiger partial charge in [-0.2, -0.15) is 4.31 Å². The second kappa shape index (κ2) is 5.73. The molecule has 2 heterocycles. The minimum absolute atomic E-state index is 0.0194. The topological polar surface area (TPSA) is 104 Å². The Kier molecular flexibility index (Phi) is 4.06. The molecule has 0 spiro atoms. The van der Waals surface area contributed by atoms with E-state index in [4.69, 9.17) is 0 Å². The van der Waals surface area contributed by atoms with Gasteiger partial charge in [-0.25, -0.2) is 18.4 Å². The maximum atomic E-state index is 12.9. The van der Waals surface area contributed by atoms with E-state index in [0.29, 0.717) is 17.3 Å². The Morgan fingerprint density at radius 3 is 2.59 bits per heavy atom. The van der Waals surface area contributed by atoms with Gasteiger partial charge in [0.2, 0.25) is 15.9 Å². The first-order valence-electron chi connectivity index (χ1n) is 6.71. The van der Waals surface area contributed by atoms with Gasteiger partial charge in [0, 0.05) is 17.6 Å². The largest absolute Gasteiger partial charge is 0.493 e. The van der Waals surface area contributed by atoms with Gasteiger partial charge in [0.05, 0.1) is 17.0 Å². The Labute approximate surface area is 135 Å². The number of aliphatic hydroxyl groups excluding tert-OH is 1. The summed E-state index contributed by atoms with van der Waals surface area (Å²) < 4.78 is 27.6. The maximum Gasteiger partial charge on any atom is 0.245 e. The lowest BCUT2D eigenvalue weighted by Gasteiger charge is -2.29. The van der Waals surface area contributed by atoms with Crippen LogP contribution in [-0.2, 0) is 10.0 Å². The molecule has 1 saturated heterocycles. The van der Waals surface area contributed by atoms with Crippen LogP contribution in [-0.4, -0.2) is 52.1 Å². The Hall–Kier alpha value is -1.29. The molecular formula is C13H14BrN3O4S. The highest BCUT2D eigenvalue weighted by atomic mass is 79.9. The third-order valence-electron chi connectivity index (χ3n) is 3.69. The van der Waals surface area contributed by atoms with Crippen LogP contribution in [0.25, 0.3) is 10.9 Å². The van der Waals surface area contributed by atoms with Gasteiger partial charge in [0.25, 0.3) is 0 Å². The van der Waals surface area contributed by atoms with Crippen molar-refractivity contribution in [1.82, 2.24) is 14.3 Å². The van der Waals surface area contributed by atoms with E-state index >= 15 is 0 Å². The standard InChI is InChI=1S/C13H14BrN3O4S/c14-8-5-10-12(15-7-16-13(10)19)11(6-8)22(20,21)17-3-1-9(18)2-4-17/h5-7,9,18H,1-4H2,(H,15,16,19). The molecule has 118 valence electrons. The van der Waals surface area contributed by atoms with Gasteiger partial charge < -0.3 is 10.2 Å². The molecule has 0 atom stereocenters. The lowest BCUT2D eigenvalue weighted by molar-refractivity contribution is 0.113. The summed E-state index contributed by atoms with van der Waals surface area (Å²) in [7, 11) is -3.76. The predicted molar refractivity (Wildman–Crippen MR) is 82.9 cm³/mol. The quantitative estimate of drug-likeness (QED) is 0.803. The monoisotopic (exact) mass is 387 g/mol. The lowest BCUT2D eigenvalue weighted by atomic mass is 10.1. The zero-order valence-corrected chi connectivity index (χ0v) is 13.9. The van der Waals surface area contributed by atoms with Gasteiger partial charge in [0.1, 0.15) is 11.2 Å². The van der Waals surface area contributed by atoms with Crippen molar-refractivity contribution in [1.29, 1.82) is 0 Å². The van der Waals surface area contributed by atoms with Crippen molar-refractivity contribution in [2.24, 2.45) is 0 Å².